The molecule has 0 saturated carbocycles. The van der Waals surface area contributed by atoms with Gasteiger partial charge in [0.05, 0.1) is 17.0 Å². The van der Waals surface area contributed by atoms with Crippen LogP contribution in [0.25, 0.3) is 0 Å². The van der Waals surface area contributed by atoms with Crippen LogP contribution in [0.4, 0.5) is 5.69 Å². The summed E-state index contributed by atoms with van der Waals surface area (Å²) in [6, 6.07) is 13.6. The van der Waals surface area contributed by atoms with Gasteiger partial charge in [-0.15, -0.1) is 0 Å². The van der Waals surface area contributed by atoms with Crippen molar-refractivity contribution in [2.45, 2.75) is 37.6 Å². The lowest BCUT2D eigenvalue weighted by atomic mass is 9.74. The summed E-state index contributed by atoms with van der Waals surface area (Å²) in [7, 11) is -3.81. The molecule has 1 aliphatic heterocycles. The van der Waals surface area contributed by atoms with E-state index in [1.807, 2.05) is 18.2 Å². The Kier molecular flexibility index (Phi) is 8.09. The van der Waals surface area contributed by atoms with Crippen molar-refractivity contribution in [2.24, 2.45) is 0 Å². The van der Waals surface area contributed by atoms with E-state index >= 15 is 0 Å². The molecule has 1 saturated heterocycles. The summed E-state index contributed by atoms with van der Waals surface area (Å²) in [5, 5.41) is 3.56. The van der Waals surface area contributed by atoms with Gasteiger partial charge in [-0.3, -0.25) is 9.10 Å². The van der Waals surface area contributed by atoms with Crippen molar-refractivity contribution in [3.8, 4) is 0 Å². The Hall–Kier alpha value is -1.80. The maximum Gasteiger partial charge on any atom is 0.243 e. The van der Waals surface area contributed by atoms with Gasteiger partial charge in [-0.25, -0.2) is 8.42 Å². The van der Waals surface area contributed by atoms with Crippen molar-refractivity contribution < 1.29 is 17.9 Å². The molecule has 9 heteroatoms. The fourth-order valence-corrected chi connectivity index (χ4v) is 5.83. The first-order chi connectivity index (χ1) is 15.2. The maximum atomic E-state index is 13.3. The van der Waals surface area contributed by atoms with Crippen LogP contribution in [0.1, 0.15) is 31.7 Å². The van der Waals surface area contributed by atoms with Gasteiger partial charge in [-0.05, 0) is 43.0 Å². The first-order valence-corrected chi connectivity index (χ1v) is 13.1. The number of ether oxygens (including phenoxy) is 1. The smallest absolute Gasteiger partial charge is 0.243 e. The van der Waals surface area contributed by atoms with Crippen molar-refractivity contribution in [3.63, 3.8) is 0 Å². The summed E-state index contributed by atoms with van der Waals surface area (Å²) in [6.45, 7) is 3.37. The highest BCUT2D eigenvalue weighted by atomic mass is 35.5. The molecule has 0 radical (unpaired) electrons. The Morgan fingerprint density at radius 1 is 1.16 bits per heavy atom. The lowest BCUT2D eigenvalue weighted by molar-refractivity contribution is -0.122. The number of carbonyl (C=O) groups excluding carboxylic acids is 1. The molecule has 2 aromatic carbocycles. The van der Waals surface area contributed by atoms with E-state index in [1.54, 1.807) is 13.0 Å². The second kappa shape index (κ2) is 10.4. The normalized spacial score (nSPS) is 16.9. The fourth-order valence-electron chi connectivity index (χ4n) is 4.19. The van der Waals surface area contributed by atoms with Crippen LogP contribution >= 0.6 is 23.2 Å². The summed E-state index contributed by atoms with van der Waals surface area (Å²) in [6.07, 6.45) is 2.86. The molecule has 0 bridgehead atoms. The number of amides is 1. The van der Waals surface area contributed by atoms with Crippen LogP contribution in [-0.4, -0.2) is 46.4 Å². The Labute approximate surface area is 199 Å². The molecular formula is C23H28Cl2N2O4S. The van der Waals surface area contributed by atoms with Crippen LogP contribution in [-0.2, 0) is 25.0 Å². The molecule has 0 spiro atoms. The third-order valence-corrected chi connectivity index (χ3v) is 7.63. The van der Waals surface area contributed by atoms with Gasteiger partial charge in [0.15, 0.2) is 0 Å². The number of carbonyl (C=O) groups is 1. The zero-order valence-corrected chi connectivity index (χ0v) is 20.5. The van der Waals surface area contributed by atoms with Gasteiger partial charge in [0.1, 0.15) is 6.04 Å². The summed E-state index contributed by atoms with van der Waals surface area (Å²) < 4.78 is 32.1. The Morgan fingerprint density at radius 3 is 2.41 bits per heavy atom. The third-order valence-electron chi connectivity index (χ3n) is 5.91. The Morgan fingerprint density at radius 2 is 1.81 bits per heavy atom. The summed E-state index contributed by atoms with van der Waals surface area (Å²) in [4.78, 5) is 13.3. The summed E-state index contributed by atoms with van der Waals surface area (Å²) in [5.74, 6) is -0.379. The number of nitrogens with zero attached hydrogens (tertiary/aromatic N) is 1. The Balaban J connectivity index is 1.89. The molecule has 1 heterocycles. The lowest BCUT2D eigenvalue weighted by Gasteiger charge is -2.39. The molecule has 1 fully saturated rings. The van der Waals surface area contributed by atoms with Crippen LogP contribution in [0.2, 0.25) is 10.0 Å². The third kappa shape index (κ3) is 5.57. The number of nitrogens with one attached hydrogen (secondary N) is 1. The van der Waals surface area contributed by atoms with Crippen molar-refractivity contribution >= 4 is 44.8 Å². The molecule has 2 aromatic rings. The molecule has 0 aromatic heterocycles. The number of anilines is 1. The minimum atomic E-state index is -3.81. The molecule has 32 heavy (non-hydrogen) atoms. The fraction of sp³-hybridized carbons (Fsp3) is 0.435. The van der Waals surface area contributed by atoms with E-state index in [1.165, 1.54) is 12.1 Å². The van der Waals surface area contributed by atoms with Gasteiger partial charge in [0.25, 0.3) is 0 Å². The first kappa shape index (κ1) is 24.8. The highest BCUT2D eigenvalue weighted by Crippen LogP contribution is 2.35. The standard InChI is InChI=1S/C23H28Cl2N2O4S/c1-3-20(27(32(2,29)30)21-15-18(24)9-10-19(21)25)22(28)26-16-23(11-13-31-14-12-23)17-7-5-4-6-8-17/h4-10,15,20H,3,11-14,16H2,1-2H3,(H,26,28)/t20-/m1/s1. The molecule has 1 aliphatic rings. The molecule has 0 unspecified atom stereocenters. The molecule has 0 aliphatic carbocycles. The number of halogens is 2. The van der Waals surface area contributed by atoms with Crippen molar-refractivity contribution in [1.29, 1.82) is 0 Å². The summed E-state index contributed by atoms with van der Waals surface area (Å²) >= 11 is 12.4. The average Bonchev–Trinajstić information content (AvgIpc) is 2.78. The zero-order valence-electron chi connectivity index (χ0n) is 18.2. The molecule has 1 amide bonds. The highest BCUT2D eigenvalue weighted by molar-refractivity contribution is 7.92. The molecule has 3 rings (SSSR count). The number of hydrogen-bond donors (Lipinski definition) is 1. The van der Waals surface area contributed by atoms with Crippen LogP contribution in [0.15, 0.2) is 48.5 Å². The quantitative estimate of drug-likeness (QED) is 0.584. The molecule has 1 atom stereocenters. The SMILES string of the molecule is CC[C@H](C(=O)NCC1(c2ccccc2)CCOCC1)N(c1cc(Cl)ccc1Cl)S(C)(=O)=O. The van der Waals surface area contributed by atoms with Crippen LogP contribution < -0.4 is 9.62 Å². The second-order valence-corrected chi connectivity index (χ2v) is 10.8. The minimum Gasteiger partial charge on any atom is -0.381 e. The maximum absolute atomic E-state index is 13.3. The van der Waals surface area contributed by atoms with Crippen molar-refractivity contribution in [2.75, 3.05) is 30.3 Å². The van der Waals surface area contributed by atoms with E-state index < -0.39 is 16.1 Å². The van der Waals surface area contributed by atoms with Crippen LogP contribution in [0.3, 0.4) is 0 Å². The highest BCUT2D eigenvalue weighted by Gasteiger charge is 2.37. The van der Waals surface area contributed by atoms with Crippen LogP contribution in [0, 0.1) is 0 Å². The van der Waals surface area contributed by atoms with E-state index in [0.717, 1.165) is 29.0 Å². The molecule has 6 nitrogen and oxygen atoms in total. The largest absolute Gasteiger partial charge is 0.381 e. The first-order valence-electron chi connectivity index (χ1n) is 10.5. The summed E-state index contributed by atoms with van der Waals surface area (Å²) in [5.41, 5.74) is 1.05. The number of hydrogen-bond acceptors (Lipinski definition) is 4. The van der Waals surface area contributed by atoms with Gasteiger partial charge in [-0.1, -0.05) is 60.5 Å². The second-order valence-electron chi connectivity index (χ2n) is 8.06. The molecule has 174 valence electrons. The number of rotatable bonds is 8. The average molecular weight is 499 g/mol. The predicted octanol–water partition coefficient (Wildman–Crippen LogP) is 4.40. The van der Waals surface area contributed by atoms with E-state index in [0.29, 0.717) is 24.8 Å². The predicted molar refractivity (Wildman–Crippen MR) is 129 cm³/mol. The zero-order chi connectivity index (χ0) is 23.4. The monoisotopic (exact) mass is 498 g/mol. The van der Waals surface area contributed by atoms with E-state index in [2.05, 4.69) is 17.4 Å². The lowest BCUT2D eigenvalue weighted by Crippen LogP contribution is -2.52. The van der Waals surface area contributed by atoms with Gasteiger partial charge >= 0.3 is 0 Å². The van der Waals surface area contributed by atoms with Gasteiger partial charge in [0.2, 0.25) is 15.9 Å². The number of sulfonamides is 1. The molecule has 1 N–H and O–H groups in total. The molecular weight excluding hydrogens is 471 g/mol. The van der Waals surface area contributed by atoms with Gasteiger partial charge < -0.3 is 10.1 Å². The minimum absolute atomic E-state index is 0.188. The van der Waals surface area contributed by atoms with Gasteiger partial charge in [0, 0.05) is 30.2 Å². The van der Waals surface area contributed by atoms with Crippen molar-refractivity contribution in [3.05, 3.63) is 64.1 Å². The van der Waals surface area contributed by atoms with E-state index in [-0.39, 0.29) is 28.5 Å². The van der Waals surface area contributed by atoms with E-state index in [9.17, 15) is 13.2 Å². The van der Waals surface area contributed by atoms with Gasteiger partial charge in [-0.2, -0.15) is 0 Å². The topological polar surface area (TPSA) is 75.7 Å². The Bertz CT molecular complexity index is 1040. The van der Waals surface area contributed by atoms with E-state index in [4.69, 9.17) is 27.9 Å². The van der Waals surface area contributed by atoms with Crippen molar-refractivity contribution in [1.82, 2.24) is 5.32 Å². The number of benzene rings is 2. The van der Waals surface area contributed by atoms with Crippen LogP contribution in [0.5, 0.6) is 0 Å².